The van der Waals surface area contributed by atoms with Gasteiger partial charge in [0.25, 0.3) is 6.43 Å². The van der Waals surface area contributed by atoms with Gasteiger partial charge in [-0.15, -0.1) is 0 Å². The average Bonchev–Trinajstić information content (AvgIpc) is 2.84. The standard InChI is InChI=1S/C13H16F4N3O6P/c1-5(2)25-27(22)23-4-13(11(16)17)8(26-27)7(15)10(24-13)20-3-6(14)9(18)19-12(20)21/h3,5,7-8,10-11H,4H2,1-2H3,(H2,18,19,21)/t7-,8+,10-,13-,27?/m1/s1. The predicted molar refractivity (Wildman–Crippen MR) is 81.3 cm³/mol. The molecule has 3 heterocycles. The maximum atomic E-state index is 15.0. The second kappa shape index (κ2) is 6.82. The number of hydrogen-bond acceptors (Lipinski definition) is 8. The summed E-state index contributed by atoms with van der Waals surface area (Å²) < 4.78 is 88.5. The van der Waals surface area contributed by atoms with E-state index in [0.29, 0.717) is 10.8 Å². The molecule has 0 aromatic carbocycles. The van der Waals surface area contributed by atoms with E-state index < -0.39 is 68.4 Å². The Bertz CT molecular complexity index is 839. The van der Waals surface area contributed by atoms with Crippen LogP contribution in [0.2, 0.25) is 0 Å². The predicted octanol–water partition coefficient (Wildman–Crippen LogP) is 1.78. The molecule has 0 bridgehead atoms. The molecule has 14 heteroatoms. The largest absolute Gasteiger partial charge is 0.475 e. The van der Waals surface area contributed by atoms with E-state index in [1.54, 1.807) is 0 Å². The monoisotopic (exact) mass is 417 g/mol. The number of aromatic nitrogens is 2. The van der Waals surface area contributed by atoms with Crippen LogP contribution in [0, 0.1) is 5.82 Å². The number of nitrogens with zero attached hydrogens (tertiary/aromatic N) is 2. The first kappa shape index (κ1) is 20.2. The van der Waals surface area contributed by atoms with Crippen LogP contribution in [0.3, 0.4) is 0 Å². The third-order valence-electron chi connectivity index (χ3n) is 3.99. The van der Waals surface area contributed by atoms with E-state index in [4.69, 9.17) is 24.0 Å². The third-order valence-corrected chi connectivity index (χ3v) is 5.60. The van der Waals surface area contributed by atoms with E-state index in [-0.39, 0.29) is 0 Å². The molecule has 0 aliphatic carbocycles. The Kier molecular flexibility index (Phi) is 5.10. The molecule has 5 atom stereocenters. The molecule has 1 aromatic rings. The Morgan fingerprint density at radius 1 is 1.48 bits per heavy atom. The molecule has 0 radical (unpaired) electrons. The lowest BCUT2D eigenvalue weighted by atomic mass is 9.97. The zero-order chi connectivity index (χ0) is 20.1. The van der Waals surface area contributed by atoms with Crippen molar-refractivity contribution in [3.63, 3.8) is 0 Å². The van der Waals surface area contributed by atoms with Gasteiger partial charge in [-0.25, -0.2) is 26.9 Å². The van der Waals surface area contributed by atoms with Crippen LogP contribution < -0.4 is 11.4 Å². The molecule has 1 unspecified atom stereocenters. The van der Waals surface area contributed by atoms with Crippen molar-refractivity contribution in [1.29, 1.82) is 0 Å². The summed E-state index contributed by atoms with van der Waals surface area (Å²) in [6.07, 6.45) is -10.1. The molecule has 2 N–H and O–H groups in total. The third kappa shape index (κ3) is 3.38. The number of rotatable bonds is 4. The van der Waals surface area contributed by atoms with Gasteiger partial charge >= 0.3 is 13.5 Å². The highest BCUT2D eigenvalue weighted by molar-refractivity contribution is 7.48. The molecule has 0 spiro atoms. The van der Waals surface area contributed by atoms with Gasteiger partial charge < -0.3 is 10.5 Å². The van der Waals surface area contributed by atoms with E-state index >= 15 is 0 Å². The second-order valence-electron chi connectivity index (χ2n) is 6.27. The zero-order valence-corrected chi connectivity index (χ0v) is 14.9. The first-order valence-electron chi connectivity index (χ1n) is 7.74. The van der Waals surface area contributed by atoms with Crippen LogP contribution >= 0.6 is 7.82 Å². The lowest BCUT2D eigenvalue weighted by Gasteiger charge is -2.39. The van der Waals surface area contributed by atoms with Crippen LogP contribution in [0.4, 0.5) is 23.4 Å². The molecular weight excluding hydrogens is 401 g/mol. The fourth-order valence-corrected chi connectivity index (χ4v) is 4.41. The minimum atomic E-state index is -4.36. The van der Waals surface area contributed by atoms with Gasteiger partial charge in [0.2, 0.25) is 0 Å². The molecule has 2 aliphatic rings. The molecule has 1 aromatic heterocycles. The van der Waals surface area contributed by atoms with Crippen LogP contribution in [0.1, 0.15) is 20.1 Å². The number of phosphoric acid groups is 1. The lowest BCUT2D eigenvalue weighted by molar-refractivity contribution is -0.208. The molecule has 0 amide bonds. The van der Waals surface area contributed by atoms with Crippen LogP contribution in [0.5, 0.6) is 0 Å². The molecule has 2 aliphatic heterocycles. The molecular formula is C13H16F4N3O6P. The van der Waals surface area contributed by atoms with Gasteiger partial charge in [-0.1, -0.05) is 0 Å². The summed E-state index contributed by atoms with van der Waals surface area (Å²) in [4.78, 5) is 15.0. The average molecular weight is 417 g/mol. The number of halogens is 4. The first-order chi connectivity index (χ1) is 12.5. The lowest BCUT2D eigenvalue weighted by Crippen LogP contribution is -2.55. The van der Waals surface area contributed by atoms with Gasteiger partial charge in [-0.05, 0) is 13.8 Å². The fraction of sp³-hybridized carbons (Fsp3) is 0.692. The topological polar surface area (TPSA) is 115 Å². The van der Waals surface area contributed by atoms with Crippen molar-refractivity contribution in [3.8, 4) is 0 Å². The summed E-state index contributed by atoms with van der Waals surface area (Å²) in [5, 5.41) is 0. The summed E-state index contributed by atoms with van der Waals surface area (Å²) in [5.74, 6) is -1.93. The smallest absolute Gasteiger partial charge is 0.381 e. The van der Waals surface area contributed by atoms with Gasteiger partial charge in [0.05, 0.1) is 18.9 Å². The van der Waals surface area contributed by atoms with Crippen LogP contribution in [-0.2, 0) is 22.9 Å². The van der Waals surface area contributed by atoms with Crippen LogP contribution in [-0.4, -0.2) is 46.6 Å². The maximum Gasteiger partial charge on any atom is 0.475 e. The quantitative estimate of drug-likeness (QED) is 0.583. The van der Waals surface area contributed by atoms with Crippen molar-refractivity contribution >= 4 is 13.6 Å². The van der Waals surface area contributed by atoms with Gasteiger partial charge in [0.15, 0.2) is 29.6 Å². The molecule has 3 rings (SSSR count). The Morgan fingerprint density at radius 2 is 2.15 bits per heavy atom. The molecule has 152 valence electrons. The Hall–Kier alpha value is -1.53. The van der Waals surface area contributed by atoms with Gasteiger partial charge in [0, 0.05) is 0 Å². The number of nitrogen functional groups attached to an aromatic ring is 1. The summed E-state index contributed by atoms with van der Waals surface area (Å²) in [6.45, 7) is 1.92. The van der Waals surface area contributed by atoms with Gasteiger partial charge in [0.1, 0.15) is 6.10 Å². The van der Waals surface area contributed by atoms with E-state index in [9.17, 15) is 26.9 Å². The summed E-state index contributed by atoms with van der Waals surface area (Å²) >= 11 is 0. The van der Waals surface area contributed by atoms with Crippen molar-refractivity contribution in [2.45, 2.75) is 50.5 Å². The van der Waals surface area contributed by atoms with Crippen LogP contribution in [0.15, 0.2) is 11.0 Å². The van der Waals surface area contributed by atoms with Gasteiger partial charge in [-0.2, -0.15) is 4.98 Å². The van der Waals surface area contributed by atoms with Crippen molar-refractivity contribution in [2.24, 2.45) is 0 Å². The Balaban J connectivity index is 2.00. The van der Waals surface area contributed by atoms with Gasteiger partial charge in [-0.3, -0.25) is 18.1 Å². The van der Waals surface area contributed by atoms with Crippen LogP contribution in [0.25, 0.3) is 0 Å². The highest BCUT2D eigenvalue weighted by Gasteiger charge is 2.68. The number of fused-ring (bicyclic) bond motifs is 1. The van der Waals surface area contributed by atoms with Crippen molar-refractivity contribution in [3.05, 3.63) is 22.5 Å². The minimum Gasteiger partial charge on any atom is -0.381 e. The number of alkyl halides is 3. The first-order valence-corrected chi connectivity index (χ1v) is 9.21. The summed E-state index contributed by atoms with van der Waals surface area (Å²) in [5.41, 5.74) is 1.23. The summed E-state index contributed by atoms with van der Waals surface area (Å²) in [6, 6.07) is 0. The number of phosphoric ester groups is 1. The number of anilines is 1. The molecule has 0 saturated carbocycles. The van der Waals surface area contributed by atoms with Crippen molar-refractivity contribution in [2.75, 3.05) is 12.3 Å². The van der Waals surface area contributed by atoms with E-state index in [1.807, 2.05) is 0 Å². The SMILES string of the molecule is CC(C)OP1(=O)OC[C@@]2(C(F)F)O[C@@H](n3cc(F)c(N)nc3=O)[C@H](F)[C@@H]2O1. The minimum absolute atomic E-state index is 0.330. The molecule has 27 heavy (non-hydrogen) atoms. The van der Waals surface area contributed by atoms with Crippen molar-refractivity contribution < 1.29 is 40.4 Å². The number of nitrogens with two attached hydrogens (primary N) is 1. The zero-order valence-electron chi connectivity index (χ0n) is 14.1. The maximum absolute atomic E-state index is 15.0. The molecule has 2 saturated heterocycles. The highest BCUT2D eigenvalue weighted by Crippen LogP contribution is 2.61. The summed E-state index contributed by atoms with van der Waals surface area (Å²) in [7, 11) is -4.36. The van der Waals surface area contributed by atoms with E-state index in [0.717, 1.165) is 0 Å². The number of hydrogen-bond donors (Lipinski definition) is 1. The normalized spacial score (nSPS) is 36.4. The van der Waals surface area contributed by atoms with E-state index in [2.05, 4.69) is 4.98 Å². The second-order valence-corrected chi connectivity index (χ2v) is 7.85. The highest BCUT2D eigenvalue weighted by atomic mass is 31.2. The fourth-order valence-electron chi connectivity index (χ4n) is 2.79. The number of ether oxygens (including phenoxy) is 1. The van der Waals surface area contributed by atoms with E-state index in [1.165, 1.54) is 13.8 Å². The van der Waals surface area contributed by atoms with Crippen molar-refractivity contribution in [1.82, 2.24) is 9.55 Å². The Morgan fingerprint density at radius 3 is 2.74 bits per heavy atom. The molecule has 9 nitrogen and oxygen atoms in total. The Labute approximate surface area is 150 Å². The molecule has 2 fully saturated rings.